The van der Waals surface area contributed by atoms with Crippen LogP contribution in [0.15, 0.2) is 11.2 Å². The topological polar surface area (TPSA) is 32.3 Å². The second kappa shape index (κ2) is 2.77. The van der Waals surface area contributed by atoms with E-state index in [2.05, 4.69) is 5.32 Å². The standard InChI is InChI=1S/C5H8N2OS/c1-7-2-5(6-3-8)9-4-7/h2-3H,4H2,1H3,(H,6,8). The lowest BCUT2D eigenvalue weighted by Gasteiger charge is -2.00. The van der Waals surface area contributed by atoms with E-state index in [4.69, 9.17) is 0 Å². The fourth-order valence-corrected chi connectivity index (χ4v) is 1.39. The number of hydrogen-bond donors (Lipinski definition) is 1. The summed E-state index contributed by atoms with van der Waals surface area (Å²) in [4.78, 5) is 11.9. The van der Waals surface area contributed by atoms with Crippen LogP contribution in [0.2, 0.25) is 0 Å². The molecule has 0 fully saturated rings. The first-order valence-corrected chi connectivity index (χ1v) is 3.56. The monoisotopic (exact) mass is 144 g/mol. The van der Waals surface area contributed by atoms with Crippen molar-refractivity contribution in [2.24, 2.45) is 0 Å². The molecule has 1 heterocycles. The second-order valence-corrected chi connectivity index (χ2v) is 2.77. The normalized spacial score (nSPS) is 17.4. The van der Waals surface area contributed by atoms with Gasteiger partial charge in [-0.2, -0.15) is 0 Å². The van der Waals surface area contributed by atoms with Gasteiger partial charge in [0.05, 0.1) is 10.9 Å². The number of nitrogens with one attached hydrogen (secondary N) is 1. The maximum atomic E-state index is 9.88. The fourth-order valence-electron chi connectivity index (χ4n) is 0.583. The molecule has 0 aromatic carbocycles. The molecule has 4 heteroatoms. The summed E-state index contributed by atoms with van der Waals surface area (Å²) in [5.41, 5.74) is 0. The SMILES string of the molecule is CN1C=C(NC=O)SC1. The predicted octanol–water partition coefficient (Wildman–Crippen LogP) is 0.167. The average molecular weight is 144 g/mol. The first kappa shape index (κ1) is 6.48. The minimum atomic E-state index is 0.692. The molecule has 1 amide bonds. The van der Waals surface area contributed by atoms with E-state index in [1.165, 1.54) is 0 Å². The third kappa shape index (κ3) is 1.64. The van der Waals surface area contributed by atoms with Gasteiger partial charge in [-0.05, 0) is 0 Å². The van der Waals surface area contributed by atoms with Crippen molar-refractivity contribution in [3.63, 3.8) is 0 Å². The number of carbonyl (C=O) groups is 1. The molecule has 0 saturated heterocycles. The summed E-state index contributed by atoms with van der Waals surface area (Å²) in [6.07, 6.45) is 2.59. The van der Waals surface area contributed by atoms with Crippen LogP contribution in [0.5, 0.6) is 0 Å². The molecule has 50 valence electrons. The highest BCUT2D eigenvalue weighted by atomic mass is 32.2. The first-order valence-electron chi connectivity index (χ1n) is 2.58. The minimum Gasteiger partial charge on any atom is -0.369 e. The quantitative estimate of drug-likeness (QED) is 0.561. The molecule has 3 nitrogen and oxygen atoms in total. The number of rotatable bonds is 2. The van der Waals surface area contributed by atoms with E-state index in [-0.39, 0.29) is 0 Å². The maximum Gasteiger partial charge on any atom is 0.211 e. The largest absolute Gasteiger partial charge is 0.369 e. The van der Waals surface area contributed by atoms with Gasteiger partial charge < -0.3 is 10.2 Å². The molecule has 1 aliphatic rings. The molecule has 0 saturated carbocycles. The fraction of sp³-hybridized carbons (Fsp3) is 0.400. The Morgan fingerprint density at radius 3 is 3.22 bits per heavy atom. The summed E-state index contributed by atoms with van der Waals surface area (Å²) < 4.78 is 0. The molecule has 0 aromatic rings. The summed E-state index contributed by atoms with van der Waals surface area (Å²) in [6, 6.07) is 0. The van der Waals surface area contributed by atoms with Crippen LogP contribution < -0.4 is 5.32 Å². The Morgan fingerprint density at radius 2 is 2.78 bits per heavy atom. The van der Waals surface area contributed by atoms with Gasteiger partial charge in [-0.15, -0.1) is 0 Å². The maximum absolute atomic E-state index is 9.88. The number of nitrogens with zero attached hydrogens (tertiary/aromatic N) is 1. The molecule has 0 spiro atoms. The molecule has 0 aromatic heterocycles. The highest BCUT2D eigenvalue weighted by Gasteiger charge is 2.06. The van der Waals surface area contributed by atoms with Gasteiger partial charge >= 0.3 is 0 Å². The molecule has 9 heavy (non-hydrogen) atoms. The molecule has 1 aliphatic heterocycles. The van der Waals surface area contributed by atoms with Crippen LogP contribution in [0.25, 0.3) is 0 Å². The Bertz CT molecular complexity index is 146. The average Bonchev–Trinajstić information content (AvgIpc) is 2.17. The van der Waals surface area contributed by atoms with Gasteiger partial charge in [0.15, 0.2) is 0 Å². The van der Waals surface area contributed by atoms with Crippen molar-refractivity contribution in [3.05, 3.63) is 11.2 Å². The summed E-state index contributed by atoms with van der Waals surface area (Å²) in [7, 11) is 1.96. The number of amides is 1. The van der Waals surface area contributed by atoms with E-state index in [1.807, 2.05) is 18.1 Å². The lowest BCUT2D eigenvalue weighted by Crippen LogP contribution is -2.06. The lowest BCUT2D eigenvalue weighted by molar-refractivity contribution is -0.108. The van der Waals surface area contributed by atoms with Crippen LogP contribution in [0, 0.1) is 0 Å². The van der Waals surface area contributed by atoms with Gasteiger partial charge in [0.1, 0.15) is 0 Å². The first-order chi connectivity index (χ1) is 4.33. The highest BCUT2D eigenvalue weighted by molar-refractivity contribution is 8.03. The molecule has 0 bridgehead atoms. The number of hydrogen-bond acceptors (Lipinski definition) is 3. The number of carbonyl (C=O) groups excluding carboxylic acids is 1. The Kier molecular flexibility index (Phi) is 2.00. The summed E-state index contributed by atoms with van der Waals surface area (Å²) in [5, 5.41) is 3.50. The molecular weight excluding hydrogens is 136 g/mol. The smallest absolute Gasteiger partial charge is 0.211 e. The van der Waals surface area contributed by atoms with Gasteiger partial charge in [-0.3, -0.25) is 4.79 Å². The zero-order valence-corrected chi connectivity index (χ0v) is 5.94. The van der Waals surface area contributed by atoms with E-state index in [1.54, 1.807) is 11.8 Å². The Hall–Kier alpha value is -0.640. The highest BCUT2D eigenvalue weighted by Crippen LogP contribution is 2.20. The Morgan fingerprint density at radius 1 is 2.00 bits per heavy atom. The zero-order valence-electron chi connectivity index (χ0n) is 5.13. The minimum absolute atomic E-state index is 0.692. The van der Waals surface area contributed by atoms with Gasteiger partial charge in [-0.25, -0.2) is 0 Å². The summed E-state index contributed by atoms with van der Waals surface area (Å²) in [6.45, 7) is 0. The molecule has 0 aliphatic carbocycles. The van der Waals surface area contributed by atoms with Crippen molar-refractivity contribution in [3.8, 4) is 0 Å². The molecule has 1 N–H and O–H groups in total. The van der Waals surface area contributed by atoms with Crippen LogP contribution >= 0.6 is 11.8 Å². The van der Waals surface area contributed by atoms with Gasteiger partial charge in [0.25, 0.3) is 0 Å². The van der Waals surface area contributed by atoms with Crippen molar-refractivity contribution in [2.75, 3.05) is 12.9 Å². The molecule has 1 rings (SSSR count). The molecule has 0 unspecified atom stereocenters. The van der Waals surface area contributed by atoms with Crippen molar-refractivity contribution >= 4 is 18.2 Å². The van der Waals surface area contributed by atoms with Gasteiger partial charge in [0, 0.05) is 13.2 Å². The Balaban J connectivity index is 2.41. The van der Waals surface area contributed by atoms with Gasteiger partial charge in [0.2, 0.25) is 6.41 Å². The van der Waals surface area contributed by atoms with E-state index in [0.717, 1.165) is 10.9 Å². The second-order valence-electron chi connectivity index (χ2n) is 1.79. The van der Waals surface area contributed by atoms with Crippen LogP contribution in [0.1, 0.15) is 0 Å². The van der Waals surface area contributed by atoms with Crippen molar-refractivity contribution in [2.45, 2.75) is 0 Å². The lowest BCUT2D eigenvalue weighted by atomic mass is 10.8. The number of thioether (sulfide) groups is 1. The zero-order chi connectivity index (χ0) is 6.69. The van der Waals surface area contributed by atoms with Crippen molar-refractivity contribution in [1.82, 2.24) is 10.2 Å². The van der Waals surface area contributed by atoms with Gasteiger partial charge in [-0.1, -0.05) is 11.8 Å². The summed E-state index contributed by atoms with van der Waals surface area (Å²) >= 11 is 1.62. The van der Waals surface area contributed by atoms with Crippen molar-refractivity contribution < 1.29 is 4.79 Å². The van der Waals surface area contributed by atoms with Crippen LogP contribution in [0.3, 0.4) is 0 Å². The van der Waals surface area contributed by atoms with E-state index >= 15 is 0 Å². The van der Waals surface area contributed by atoms with E-state index in [9.17, 15) is 4.79 Å². The van der Waals surface area contributed by atoms with Crippen LogP contribution in [-0.4, -0.2) is 24.2 Å². The van der Waals surface area contributed by atoms with E-state index in [0.29, 0.717) is 6.41 Å². The van der Waals surface area contributed by atoms with Crippen molar-refractivity contribution in [1.29, 1.82) is 0 Å². The summed E-state index contributed by atoms with van der Waals surface area (Å²) in [5.74, 6) is 0.927. The third-order valence-electron chi connectivity index (χ3n) is 0.963. The molecular formula is C5H8N2OS. The van der Waals surface area contributed by atoms with Crippen LogP contribution in [-0.2, 0) is 4.79 Å². The molecule has 0 radical (unpaired) electrons. The van der Waals surface area contributed by atoms with E-state index < -0.39 is 0 Å². The van der Waals surface area contributed by atoms with Crippen LogP contribution in [0.4, 0.5) is 0 Å². The Labute approximate surface area is 58.1 Å². The molecule has 0 atom stereocenters. The third-order valence-corrected chi connectivity index (χ3v) is 2.03. The predicted molar refractivity (Wildman–Crippen MR) is 37.5 cm³/mol.